The van der Waals surface area contributed by atoms with E-state index in [9.17, 15) is 14.3 Å². The molecule has 4 heterocycles. The van der Waals surface area contributed by atoms with Gasteiger partial charge in [-0.25, -0.2) is 8.91 Å². The van der Waals surface area contributed by atoms with Crippen LogP contribution in [0.2, 0.25) is 0 Å². The number of aromatic amines is 1. The number of anilines is 3. The minimum absolute atomic E-state index is 0.354. The molecule has 10 nitrogen and oxygen atoms in total. The lowest BCUT2D eigenvalue weighted by atomic mass is 9.94. The third-order valence-electron chi connectivity index (χ3n) is 6.00. The van der Waals surface area contributed by atoms with Gasteiger partial charge >= 0.3 is 0 Å². The second kappa shape index (κ2) is 8.41. The number of nitrogens with one attached hydrogen (secondary N) is 2. The fourth-order valence-corrected chi connectivity index (χ4v) is 4.07. The van der Waals surface area contributed by atoms with Crippen LogP contribution in [0.5, 0.6) is 0 Å². The van der Waals surface area contributed by atoms with Crippen LogP contribution in [0.15, 0.2) is 48.7 Å². The fraction of sp³-hybridized carbons (Fsp3) is 0.304. The maximum atomic E-state index is 13.3. The summed E-state index contributed by atoms with van der Waals surface area (Å²) in [6, 6.07) is 11.0. The number of amides is 1. The van der Waals surface area contributed by atoms with Gasteiger partial charge in [0.1, 0.15) is 11.3 Å². The first-order valence-electron chi connectivity index (χ1n) is 11.0. The lowest BCUT2D eigenvalue weighted by molar-refractivity contribution is -0.151. The van der Waals surface area contributed by atoms with Gasteiger partial charge in [0.15, 0.2) is 17.2 Å². The molecule has 0 aliphatic carbocycles. The Morgan fingerprint density at radius 3 is 2.59 bits per heavy atom. The van der Waals surface area contributed by atoms with Crippen LogP contribution in [0.4, 0.5) is 22.0 Å². The molecule has 1 aliphatic rings. The number of aryl methyl sites for hydroxylation is 1. The van der Waals surface area contributed by atoms with Crippen LogP contribution in [0.3, 0.4) is 0 Å². The highest BCUT2D eigenvalue weighted by Crippen LogP contribution is 2.26. The molecule has 1 fully saturated rings. The fourth-order valence-electron chi connectivity index (χ4n) is 4.07. The Morgan fingerprint density at radius 2 is 1.91 bits per heavy atom. The monoisotopic (exact) mass is 464 g/mol. The van der Waals surface area contributed by atoms with Crippen LogP contribution in [0, 0.1) is 12.7 Å². The third kappa shape index (κ3) is 4.05. The zero-order valence-corrected chi connectivity index (χ0v) is 18.9. The van der Waals surface area contributed by atoms with Gasteiger partial charge in [-0.15, -0.1) is 5.10 Å². The van der Waals surface area contributed by atoms with Gasteiger partial charge in [0.25, 0.3) is 5.91 Å². The molecular weight excluding hydrogens is 439 g/mol. The molecule has 1 saturated heterocycles. The van der Waals surface area contributed by atoms with E-state index in [0.717, 1.165) is 11.2 Å². The summed E-state index contributed by atoms with van der Waals surface area (Å²) in [5.41, 5.74) is 0.357. The summed E-state index contributed by atoms with van der Waals surface area (Å²) >= 11 is 0. The van der Waals surface area contributed by atoms with E-state index >= 15 is 0 Å². The van der Waals surface area contributed by atoms with E-state index in [4.69, 9.17) is 4.98 Å². The summed E-state index contributed by atoms with van der Waals surface area (Å²) in [5, 5.41) is 25.9. The molecule has 1 atom stereocenters. The second-order valence-corrected chi connectivity index (χ2v) is 8.52. The van der Waals surface area contributed by atoms with Crippen LogP contribution in [-0.4, -0.2) is 66.9 Å². The van der Waals surface area contributed by atoms with Crippen molar-refractivity contribution in [1.82, 2.24) is 29.7 Å². The Hall–Kier alpha value is -3.99. The molecule has 3 N–H and O–H groups in total. The molecule has 0 radical (unpaired) electrons. The van der Waals surface area contributed by atoms with Crippen molar-refractivity contribution in [3.8, 4) is 0 Å². The highest BCUT2D eigenvalue weighted by atomic mass is 19.1. The second-order valence-electron chi connectivity index (χ2n) is 8.52. The van der Waals surface area contributed by atoms with Gasteiger partial charge in [-0.05, 0) is 43.7 Å². The summed E-state index contributed by atoms with van der Waals surface area (Å²) in [4.78, 5) is 21.4. The van der Waals surface area contributed by atoms with Crippen molar-refractivity contribution in [1.29, 1.82) is 0 Å². The van der Waals surface area contributed by atoms with E-state index in [1.807, 2.05) is 36.2 Å². The first kappa shape index (κ1) is 21.8. The number of halogens is 1. The summed E-state index contributed by atoms with van der Waals surface area (Å²) in [7, 11) is 0. The highest BCUT2D eigenvalue weighted by molar-refractivity contribution is 5.86. The number of H-pyrrole nitrogens is 1. The molecule has 11 heteroatoms. The molecule has 0 spiro atoms. The van der Waals surface area contributed by atoms with E-state index in [-0.39, 0.29) is 0 Å². The molecule has 34 heavy (non-hydrogen) atoms. The number of hydrogen-bond donors (Lipinski definition) is 3. The normalized spacial score (nSPS) is 16.0. The third-order valence-corrected chi connectivity index (χ3v) is 6.00. The number of fused-ring (bicyclic) bond motifs is 1. The number of piperazine rings is 1. The number of nitrogens with zero attached hydrogens (tertiary/aromatic N) is 6. The molecular formula is C23H25FN8O2. The highest BCUT2D eigenvalue weighted by Gasteiger charge is 2.37. The number of carbonyl (C=O) groups is 1. The first-order chi connectivity index (χ1) is 16.3. The lowest BCUT2D eigenvalue weighted by Gasteiger charge is -2.38. The molecule has 1 amide bonds. The van der Waals surface area contributed by atoms with Crippen LogP contribution < -0.4 is 10.2 Å². The molecule has 1 aromatic carbocycles. The SMILES string of the molecule is Cc1cc(Nc2nc(N3CCN(C(=O)[C@](C)(O)c4ccc(F)cc4)CC3)nn3cccc23)n[nH]1. The molecule has 3 aromatic heterocycles. The largest absolute Gasteiger partial charge is 0.376 e. The molecule has 4 aromatic rings. The van der Waals surface area contributed by atoms with Gasteiger partial charge in [0, 0.05) is 44.1 Å². The van der Waals surface area contributed by atoms with Crippen LogP contribution in [0.1, 0.15) is 18.2 Å². The number of hydrogen-bond acceptors (Lipinski definition) is 7. The Balaban J connectivity index is 1.32. The summed E-state index contributed by atoms with van der Waals surface area (Å²) < 4.78 is 15.0. The average Bonchev–Trinajstić information content (AvgIpc) is 3.47. The smallest absolute Gasteiger partial charge is 0.259 e. The Morgan fingerprint density at radius 1 is 1.18 bits per heavy atom. The van der Waals surface area contributed by atoms with Crippen molar-refractivity contribution in [2.24, 2.45) is 0 Å². The number of aromatic nitrogens is 5. The Bertz CT molecular complexity index is 1320. The van der Waals surface area contributed by atoms with Gasteiger partial charge in [-0.1, -0.05) is 12.1 Å². The van der Waals surface area contributed by atoms with Gasteiger partial charge in [0.2, 0.25) is 5.95 Å². The van der Waals surface area contributed by atoms with E-state index in [1.54, 1.807) is 9.42 Å². The summed E-state index contributed by atoms with van der Waals surface area (Å²) in [6.07, 6.45) is 1.85. The standard InChI is InChI=1S/C23H25FN8O2/c1-15-14-19(28-27-15)25-20-18-4-3-9-32(18)29-22(26-20)31-12-10-30(11-13-31)21(33)23(2,34)16-5-7-17(24)8-6-16/h3-9,14,34H,10-13H2,1-2H3,(H2,25,26,27,28,29)/t23-/m1/s1. The van der Waals surface area contributed by atoms with Crippen molar-refractivity contribution in [3.63, 3.8) is 0 Å². The lowest BCUT2D eigenvalue weighted by Crippen LogP contribution is -2.54. The minimum atomic E-state index is -1.74. The summed E-state index contributed by atoms with van der Waals surface area (Å²) in [6.45, 7) is 5.14. The van der Waals surface area contributed by atoms with Crippen molar-refractivity contribution in [2.75, 3.05) is 36.4 Å². The van der Waals surface area contributed by atoms with Gasteiger partial charge in [0.05, 0.1) is 0 Å². The summed E-state index contributed by atoms with van der Waals surface area (Å²) in [5.74, 6) is 0.965. The van der Waals surface area contributed by atoms with E-state index in [2.05, 4.69) is 20.6 Å². The van der Waals surface area contributed by atoms with Crippen LogP contribution in [0.25, 0.3) is 5.52 Å². The van der Waals surface area contributed by atoms with Crippen LogP contribution >= 0.6 is 0 Å². The van der Waals surface area contributed by atoms with E-state index in [0.29, 0.717) is 49.3 Å². The zero-order valence-electron chi connectivity index (χ0n) is 18.9. The van der Waals surface area contributed by atoms with Gasteiger partial charge < -0.3 is 20.2 Å². The van der Waals surface area contributed by atoms with Crippen molar-refractivity contribution < 1.29 is 14.3 Å². The van der Waals surface area contributed by atoms with Crippen molar-refractivity contribution in [2.45, 2.75) is 19.4 Å². The quantitative estimate of drug-likeness (QED) is 0.415. The van der Waals surface area contributed by atoms with E-state index < -0.39 is 17.3 Å². The topological polar surface area (TPSA) is 115 Å². The van der Waals surface area contributed by atoms with Crippen LogP contribution in [-0.2, 0) is 10.4 Å². The average molecular weight is 465 g/mol. The molecule has 5 rings (SSSR count). The zero-order chi connectivity index (χ0) is 23.9. The maximum absolute atomic E-state index is 13.3. The minimum Gasteiger partial charge on any atom is -0.376 e. The predicted octanol–water partition coefficient (Wildman–Crippen LogP) is 2.20. The molecule has 0 bridgehead atoms. The van der Waals surface area contributed by atoms with Crippen molar-refractivity contribution >= 4 is 29.0 Å². The van der Waals surface area contributed by atoms with Gasteiger partial charge in [-0.2, -0.15) is 10.1 Å². The van der Waals surface area contributed by atoms with E-state index in [1.165, 1.54) is 31.2 Å². The first-order valence-corrected chi connectivity index (χ1v) is 11.0. The molecule has 1 aliphatic heterocycles. The number of rotatable bonds is 5. The Kier molecular flexibility index (Phi) is 5.40. The number of benzene rings is 1. The Labute approximate surface area is 195 Å². The predicted molar refractivity (Wildman–Crippen MR) is 124 cm³/mol. The number of aliphatic hydroxyl groups is 1. The maximum Gasteiger partial charge on any atom is 0.259 e. The number of carbonyl (C=O) groups excluding carboxylic acids is 1. The molecule has 176 valence electrons. The van der Waals surface area contributed by atoms with Gasteiger partial charge in [-0.3, -0.25) is 9.89 Å². The molecule has 0 saturated carbocycles. The molecule has 0 unspecified atom stereocenters. The van der Waals surface area contributed by atoms with Crippen molar-refractivity contribution in [3.05, 3.63) is 65.7 Å².